The Balaban J connectivity index is 3.30. The van der Waals surface area contributed by atoms with Crippen LogP contribution < -0.4 is 10.5 Å². The number of hydrogen-bond acceptors (Lipinski definition) is 4. The van der Waals surface area contributed by atoms with Gasteiger partial charge in [-0.25, -0.2) is 13.8 Å². The van der Waals surface area contributed by atoms with Crippen LogP contribution in [0.4, 0.5) is 14.5 Å². The summed E-state index contributed by atoms with van der Waals surface area (Å²) in [6, 6.07) is 2.96. The second-order valence-corrected chi connectivity index (χ2v) is 2.75. The third-order valence-corrected chi connectivity index (χ3v) is 1.82. The second-order valence-electron chi connectivity index (χ2n) is 2.75. The molecular formula is C9H9F2N3O. The van der Waals surface area contributed by atoms with Gasteiger partial charge in [0.25, 0.3) is 6.43 Å². The third kappa shape index (κ3) is 2.31. The molecule has 0 aliphatic carbocycles. The lowest BCUT2D eigenvalue weighted by Crippen LogP contribution is -2.05. The number of methoxy groups -OCH3 is 1. The zero-order chi connectivity index (χ0) is 11.4. The van der Waals surface area contributed by atoms with E-state index in [4.69, 9.17) is 15.7 Å². The van der Waals surface area contributed by atoms with Gasteiger partial charge in [0, 0.05) is 11.8 Å². The van der Waals surface area contributed by atoms with Crippen molar-refractivity contribution >= 4 is 5.69 Å². The Morgan fingerprint density at radius 2 is 2.33 bits per heavy atom. The molecule has 0 amide bonds. The van der Waals surface area contributed by atoms with Crippen LogP contribution in [0.15, 0.2) is 6.07 Å². The Hall–Kier alpha value is -1.90. The van der Waals surface area contributed by atoms with Gasteiger partial charge in [-0.1, -0.05) is 0 Å². The molecule has 0 atom stereocenters. The van der Waals surface area contributed by atoms with E-state index >= 15 is 0 Å². The number of nitrogens with zero attached hydrogens (tertiary/aromatic N) is 2. The van der Waals surface area contributed by atoms with Crippen LogP contribution in [0.25, 0.3) is 0 Å². The molecule has 2 N–H and O–H groups in total. The van der Waals surface area contributed by atoms with Crippen molar-refractivity contribution < 1.29 is 13.5 Å². The maximum Gasteiger partial charge on any atom is 0.267 e. The SMILES string of the molecule is COc1cc(N)c(C(F)F)c(CC#N)n1. The minimum atomic E-state index is -2.74. The number of pyridine rings is 1. The van der Waals surface area contributed by atoms with Crippen molar-refractivity contribution in [2.75, 3.05) is 12.8 Å². The van der Waals surface area contributed by atoms with E-state index in [1.54, 1.807) is 6.07 Å². The molecular weight excluding hydrogens is 204 g/mol. The van der Waals surface area contributed by atoms with E-state index in [2.05, 4.69) is 4.98 Å². The highest BCUT2D eigenvalue weighted by molar-refractivity contribution is 5.52. The Bertz CT molecular complexity index is 401. The maximum absolute atomic E-state index is 12.6. The molecule has 0 saturated carbocycles. The van der Waals surface area contributed by atoms with E-state index in [9.17, 15) is 8.78 Å². The van der Waals surface area contributed by atoms with Gasteiger partial charge in [0.1, 0.15) is 0 Å². The molecule has 4 nitrogen and oxygen atoms in total. The summed E-state index contributed by atoms with van der Waals surface area (Å²) in [5.74, 6) is 0.127. The number of anilines is 1. The molecule has 0 spiro atoms. The summed E-state index contributed by atoms with van der Waals surface area (Å²) >= 11 is 0. The number of hydrogen-bond donors (Lipinski definition) is 1. The number of nitriles is 1. The summed E-state index contributed by atoms with van der Waals surface area (Å²) in [6.07, 6.45) is -2.96. The van der Waals surface area contributed by atoms with Crippen molar-refractivity contribution in [2.45, 2.75) is 12.8 Å². The van der Waals surface area contributed by atoms with E-state index < -0.39 is 12.0 Å². The lowest BCUT2D eigenvalue weighted by atomic mass is 10.1. The van der Waals surface area contributed by atoms with Crippen LogP contribution in [0, 0.1) is 11.3 Å². The van der Waals surface area contributed by atoms with Gasteiger partial charge in [0.2, 0.25) is 5.88 Å². The number of aromatic nitrogens is 1. The highest BCUT2D eigenvalue weighted by Gasteiger charge is 2.19. The average Bonchev–Trinajstić information content (AvgIpc) is 2.16. The fourth-order valence-corrected chi connectivity index (χ4v) is 1.17. The molecule has 0 radical (unpaired) electrons. The number of nitrogens with two attached hydrogens (primary N) is 1. The largest absolute Gasteiger partial charge is 0.481 e. The van der Waals surface area contributed by atoms with Gasteiger partial charge >= 0.3 is 0 Å². The monoisotopic (exact) mass is 213 g/mol. The van der Waals surface area contributed by atoms with E-state index in [0.29, 0.717) is 0 Å². The molecule has 0 bridgehead atoms. The van der Waals surface area contributed by atoms with Crippen molar-refractivity contribution in [2.24, 2.45) is 0 Å². The first-order valence-corrected chi connectivity index (χ1v) is 4.08. The summed E-state index contributed by atoms with van der Waals surface area (Å²) in [4.78, 5) is 3.76. The quantitative estimate of drug-likeness (QED) is 0.828. The van der Waals surface area contributed by atoms with E-state index in [-0.39, 0.29) is 23.7 Å². The molecule has 1 rings (SSSR count). The van der Waals surface area contributed by atoms with Crippen LogP contribution in [0.2, 0.25) is 0 Å². The molecule has 1 heterocycles. The van der Waals surface area contributed by atoms with E-state index in [0.717, 1.165) is 0 Å². The van der Waals surface area contributed by atoms with Gasteiger partial charge < -0.3 is 10.5 Å². The highest BCUT2D eigenvalue weighted by Crippen LogP contribution is 2.30. The summed E-state index contributed by atoms with van der Waals surface area (Å²) in [6.45, 7) is 0. The van der Waals surface area contributed by atoms with Crippen molar-refractivity contribution in [1.29, 1.82) is 5.26 Å². The molecule has 0 aromatic carbocycles. The predicted molar refractivity (Wildman–Crippen MR) is 49.5 cm³/mol. The number of halogens is 2. The average molecular weight is 213 g/mol. The fourth-order valence-electron chi connectivity index (χ4n) is 1.17. The van der Waals surface area contributed by atoms with E-state index in [1.807, 2.05) is 0 Å². The molecule has 0 aliphatic rings. The number of ether oxygens (including phenoxy) is 1. The number of nitrogen functional groups attached to an aromatic ring is 1. The minimum absolute atomic E-state index is 0.0376. The zero-order valence-electron chi connectivity index (χ0n) is 8.00. The molecule has 0 aliphatic heterocycles. The molecule has 6 heteroatoms. The van der Waals surface area contributed by atoms with Gasteiger partial charge in [-0.05, 0) is 0 Å². The fraction of sp³-hybridized carbons (Fsp3) is 0.333. The van der Waals surface area contributed by atoms with Crippen LogP contribution >= 0.6 is 0 Å². The standard InChI is InChI=1S/C9H9F2N3O/c1-15-7-4-5(13)8(9(10)11)6(14-7)2-3-12/h4,9H,2H2,1H3,(H2,13,14). The summed E-state index contributed by atoms with van der Waals surface area (Å²) in [7, 11) is 1.35. The summed E-state index contributed by atoms with van der Waals surface area (Å²) in [5, 5.41) is 8.46. The zero-order valence-corrected chi connectivity index (χ0v) is 8.00. The Morgan fingerprint density at radius 1 is 1.67 bits per heavy atom. The van der Waals surface area contributed by atoms with Gasteiger partial charge in [0.15, 0.2) is 0 Å². The van der Waals surface area contributed by atoms with Crippen LogP contribution in [-0.4, -0.2) is 12.1 Å². The highest BCUT2D eigenvalue weighted by atomic mass is 19.3. The Labute approximate surface area is 85.3 Å². The molecule has 80 valence electrons. The molecule has 1 aromatic rings. The van der Waals surface area contributed by atoms with Crippen molar-refractivity contribution in [3.05, 3.63) is 17.3 Å². The predicted octanol–water partition coefficient (Wildman–Crippen LogP) is 1.68. The lowest BCUT2D eigenvalue weighted by molar-refractivity contribution is 0.150. The van der Waals surface area contributed by atoms with Crippen LogP contribution in [0.5, 0.6) is 5.88 Å². The number of alkyl halides is 2. The molecule has 0 unspecified atom stereocenters. The molecule has 1 aromatic heterocycles. The minimum Gasteiger partial charge on any atom is -0.481 e. The molecule has 15 heavy (non-hydrogen) atoms. The first kappa shape index (κ1) is 11.2. The van der Waals surface area contributed by atoms with Crippen molar-refractivity contribution in [3.8, 4) is 11.9 Å². The molecule has 0 saturated heterocycles. The van der Waals surface area contributed by atoms with Gasteiger partial charge in [-0.2, -0.15) is 5.26 Å². The first-order valence-electron chi connectivity index (χ1n) is 4.08. The summed E-state index contributed by atoms with van der Waals surface area (Å²) in [5.41, 5.74) is 4.88. The normalized spacial score (nSPS) is 10.1. The van der Waals surface area contributed by atoms with E-state index in [1.165, 1.54) is 13.2 Å². The Kier molecular flexibility index (Phi) is 3.39. The lowest BCUT2D eigenvalue weighted by Gasteiger charge is -2.10. The van der Waals surface area contributed by atoms with Gasteiger partial charge in [-0.3, -0.25) is 0 Å². The topological polar surface area (TPSA) is 71.9 Å². The second kappa shape index (κ2) is 4.55. The maximum atomic E-state index is 12.6. The number of rotatable bonds is 3. The summed E-state index contributed by atoms with van der Waals surface area (Å²) < 4.78 is 29.9. The van der Waals surface area contributed by atoms with Gasteiger partial charge in [0.05, 0.1) is 30.9 Å². The van der Waals surface area contributed by atoms with Crippen LogP contribution in [0.3, 0.4) is 0 Å². The van der Waals surface area contributed by atoms with Crippen LogP contribution in [-0.2, 0) is 6.42 Å². The van der Waals surface area contributed by atoms with Crippen LogP contribution in [0.1, 0.15) is 17.7 Å². The van der Waals surface area contributed by atoms with Crippen molar-refractivity contribution in [1.82, 2.24) is 4.98 Å². The third-order valence-electron chi connectivity index (χ3n) is 1.82. The molecule has 0 fully saturated rings. The Morgan fingerprint density at radius 3 is 2.80 bits per heavy atom. The van der Waals surface area contributed by atoms with Gasteiger partial charge in [-0.15, -0.1) is 0 Å². The first-order chi connectivity index (χ1) is 7.10. The smallest absolute Gasteiger partial charge is 0.267 e. The van der Waals surface area contributed by atoms with Crippen molar-refractivity contribution in [3.63, 3.8) is 0 Å².